The van der Waals surface area contributed by atoms with Gasteiger partial charge in [-0.15, -0.1) is 0 Å². The van der Waals surface area contributed by atoms with Crippen LogP contribution in [-0.4, -0.2) is 29.1 Å². The van der Waals surface area contributed by atoms with E-state index in [1.54, 1.807) is 0 Å². The van der Waals surface area contributed by atoms with Gasteiger partial charge in [0.15, 0.2) is 0 Å². The highest BCUT2D eigenvalue weighted by atomic mass is 32.2. The maximum Gasteiger partial charge on any atom is 0.315 e. The van der Waals surface area contributed by atoms with E-state index >= 15 is 0 Å². The Bertz CT molecular complexity index is 258. The third kappa shape index (κ3) is 4.09. The molecule has 1 aliphatic heterocycles. The average molecular weight is 256 g/mol. The lowest BCUT2D eigenvalue weighted by Crippen LogP contribution is -2.46. The molecule has 98 valence electrons. The van der Waals surface area contributed by atoms with E-state index in [4.69, 9.17) is 0 Å². The molecule has 2 rings (SSSR count). The van der Waals surface area contributed by atoms with Crippen molar-refractivity contribution in [3.63, 3.8) is 0 Å². The summed E-state index contributed by atoms with van der Waals surface area (Å²) in [5, 5.41) is 6.14. The number of nitrogens with one attached hydrogen (secondary N) is 2. The molecule has 1 heterocycles. The molecule has 2 N–H and O–H groups in total. The number of amides is 2. The smallest absolute Gasteiger partial charge is 0.315 e. The van der Waals surface area contributed by atoms with Crippen LogP contribution >= 0.6 is 11.8 Å². The van der Waals surface area contributed by atoms with Crippen LogP contribution in [0.2, 0.25) is 0 Å². The summed E-state index contributed by atoms with van der Waals surface area (Å²) < 4.78 is 0.268. The predicted octanol–water partition coefficient (Wildman–Crippen LogP) is 2.90. The third-order valence-corrected chi connectivity index (χ3v) is 5.40. The molecule has 2 aliphatic rings. The first-order valence-electron chi connectivity index (χ1n) is 6.86. The third-order valence-electron chi connectivity index (χ3n) is 3.86. The molecule has 2 amide bonds. The van der Waals surface area contributed by atoms with Crippen molar-refractivity contribution in [3.8, 4) is 0 Å². The summed E-state index contributed by atoms with van der Waals surface area (Å²) >= 11 is 1.99. The molecule has 0 aromatic heterocycles. The zero-order valence-corrected chi connectivity index (χ0v) is 11.6. The molecule has 0 aromatic carbocycles. The molecule has 1 saturated carbocycles. The number of urea groups is 1. The monoisotopic (exact) mass is 256 g/mol. The van der Waals surface area contributed by atoms with Crippen molar-refractivity contribution < 1.29 is 4.79 Å². The van der Waals surface area contributed by atoms with E-state index in [2.05, 4.69) is 17.6 Å². The zero-order valence-electron chi connectivity index (χ0n) is 10.8. The van der Waals surface area contributed by atoms with Crippen LogP contribution in [0.25, 0.3) is 0 Å². The van der Waals surface area contributed by atoms with Crippen molar-refractivity contribution in [2.45, 2.75) is 62.7 Å². The largest absolute Gasteiger partial charge is 0.337 e. The maximum atomic E-state index is 11.8. The molecule has 1 saturated heterocycles. The number of carbonyl (C=O) groups excluding carboxylic acids is 1. The minimum atomic E-state index is 0.0330. The van der Waals surface area contributed by atoms with Crippen LogP contribution in [0.15, 0.2) is 0 Å². The Morgan fingerprint density at radius 1 is 1.29 bits per heavy atom. The molecule has 0 aromatic rings. The quantitative estimate of drug-likeness (QED) is 0.815. The second-order valence-electron chi connectivity index (χ2n) is 5.56. The van der Waals surface area contributed by atoms with Crippen LogP contribution in [0.1, 0.15) is 51.9 Å². The number of carbonyl (C=O) groups is 1. The van der Waals surface area contributed by atoms with Gasteiger partial charge in [-0.25, -0.2) is 4.79 Å². The van der Waals surface area contributed by atoms with Gasteiger partial charge >= 0.3 is 6.03 Å². The lowest BCUT2D eigenvalue weighted by Gasteiger charge is -2.26. The van der Waals surface area contributed by atoms with Gasteiger partial charge < -0.3 is 10.6 Å². The molecule has 3 nitrogen and oxygen atoms in total. The van der Waals surface area contributed by atoms with Crippen LogP contribution in [0.4, 0.5) is 4.79 Å². The summed E-state index contributed by atoms with van der Waals surface area (Å²) in [6.07, 6.45) is 8.67. The molecule has 1 atom stereocenters. The lowest BCUT2D eigenvalue weighted by atomic mass is 9.96. The summed E-state index contributed by atoms with van der Waals surface area (Å²) in [5.41, 5.74) is 0. The molecule has 0 bridgehead atoms. The standard InChI is InChI=1S/C13H24N2OS/c1-13(8-5-9-17-13)10-14-12(16)15-11-6-3-2-4-7-11/h11H,2-10H2,1H3,(H2,14,15,16). The minimum absolute atomic E-state index is 0.0330. The fourth-order valence-electron chi connectivity index (χ4n) is 2.73. The second kappa shape index (κ2) is 5.98. The number of hydrogen-bond acceptors (Lipinski definition) is 2. The molecule has 17 heavy (non-hydrogen) atoms. The fraction of sp³-hybridized carbons (Fsp3) is 0.923. The van der Waals surface area contributed by atoms with E-state index in [0.717, 1.165) is 19.4 Å². The highest BCUT2D eigenvalue weighted by Gasteiger charge is 2.29. The number of rotatable bonds is 3. The van der Waals surface area contributed by atoms with Crippen LogP contribution in [0.5, 0.6) is 0 Å². The topological polar surface area (TPSA) is 41.1 Å². The first-order chi connectivity index (χ1) is 8.18. The van der Waals surface area contributed by atoms with Gasteiger partial charge in [0.2, 0.25) is 0 Å². The summed E-state index contributed by atoms with van der Waals surface area (Å²) in [6.45, 7) is 3.06. The van der Waals surface area contributed by atoms with E-state index in [0.29, 0.717) is 6.04 Å². The summed E-state index contributed by atoms with van der Waals surface area (Å²) in [5.74, 6) is 1.24. The van der Waals surface area contributed by atoms with Crippen molar-refractivity contribution >= 4 is 17.8 Å². The van der Waals surface area contributed by atoms with E-state index in [1.165, 1.54) is 37.9 Å². The van der Waals surface area contributed by atoms with Gasteiger partial charge in [0.05, 0.1) is 0 Å². The van der Waals surface area contributed by atoms with Crippen LogP contribution in [0.3, 0.4) is 0 Å². The van der Waals surface area contributed by atoms with Gasteiger partial charge in [0.25, 0.3) is 0 Å². The zero-order chi connectivity index (χ0) is 12.1. The highest BCUT2D eigenvalue weighted by molar-refractivity contribution is 8.00. The maximum absolute atomic E-state index is 11.8. The Balaban J connectivity index is 1.66. The summed E-state index contributed by atoms with van der Waals surface area (Å²) in [4.78, 5) is 11.8. The molecule has 1 unspecified atom stereocenters. The Morgan fingerprint density at radius 3 is 2.71 bits per heavy atom. The van der Waals surface area contributed by atoms with E-state index in [-0.39, 0.29) is 10.8 Å². The van der Waals surface area contributed by atoms with E-state index < -0.39 is 0 Å². The molecule has 4 heteroatoms. The van der Waals surface area contributed by atoms with Gasteiger partial charge in [0, 0.05) is 17.3 Å². The minimum Gasteiger partial charge on any atom is -0.337 e. The normalized spacial score (nSPS) is 30.2. The van der Waals surface area contributed by atoms with Gasteiger partial charge in [-0.1, -0.05) is 19.3 Å². The van der Waals surface area contributed by atoms with Crippen LogP contribution < -0.4 is 10.6 Å². The van der Waals surface area contributed by atoms with Gasteiger partial charge in [-0.3, -0.25) is 0 Å². The first kappa shape index (κ1) is 13.1. The fourth-order valence-corrected chi connectivity index (χ4v) is 3.97. The second-order valence-corrected chi connectivity index (χ2v) is 7.25. The van der Waals surface area contributed by atoms with Gasteiger partial charge in [-0.05, 0) is 38.4 Å². The van der Waals surface area contributed by atoms with Gasteiger partial charge in [0.1, 0.15) is 0 Å². The lowest BCUT2D eigenvalue weighted by molar-refractivity contribution is 0.231. The molecule has 2 fully saturated rings. The molecule has 1 aliphatic carbocycles. The van der Waals surface area contributed by atoms with Crippen molar-refractivity contribution in [3.05, 3.63) is 0 Å². The van der Waals surface area contributed by atoms with Crippen molar-refractivity contribution in [1.82, 2.24) is 10.6 Å². The predicted molar refractivity (Wildman–Crippen MR) is 73.5 cm³/mol. The Morgan fingerprint density at radius 2 is 2.06 bits per heavy atom. The van der Waals surface area contributed by atoms with Crippen molar-refractivity contribution in [2.24, 2.45) is 0 Å². The van der Waals surface area contributed by atoms with Crippen LogP contribution in [0, 0.1) is 0 Å². The van der Waals surface area contributed by atoms with Crippen molar-refractivity contribution in [1.29, 1.82) is 0 Å². The average Bonchev–Trinajstić information content (AvgIpc) is 2.76. The highest BCUT2D eigenvalue weighted by Crippen LogP contribution is 2.36. The Kier molecular flexibility index (Phi) is 4.60. The SMILES string of the molecule is CC1(CNC(=O)NC2CCCCC2)CCCS1. The number of thioether (sulfide) groups is 1. The van der Waals surface area contributed by atoms with Gasteiger partial charge in [-0.2, -0.15) is 11.8 Å². The Labute approximate surface area is 108 Å². The van der Waals surface area contributed by atoms with Crippen molar-refractivity contribution in [2.75, 3.05) is 12.3 Å². The Hall–Kier alpha value is -0.380. The molecular formula is C13H24N2OS. The van der Waals surface area contributed by atoms with E-state index in [9.17, 15) is 4.79 Å². The first-order valence-corrected chi connectivity index (χ1v) is 7.85. The summed E-state index contributed by atoms with van der Waals surface area (Å²) in [7, 11) is 0. The van der Waals surface area contributed by atoms with Crippen LogP contribution in [-0.2, 0) is 0 Å². The van der Waals surface area contributed by atoms with E-state index in [1.807, 2.05) is 11.8 Å². The summed E-state index contributed by atoms with van der Waals surface area (Å²) in [6, 6.07) is 0.443. The molecular weight excluding hydrogens is 232 g/mol. The molecule has 0 radical (unpaired) electrons. The molecule has 0 spiro atoms. The number of hydrogen-bond donors (Lipinski definition) is 2.